The lowest BCUT2D eigenvalue weighted by molar-refractivity contribution is -0.139. The molecule has 1 rings (SSSR count). The summed E-state index contributed by atoms with van der Waals surface area (Å²) in [6, 6.07) is 0.160. The second kappa shape index (κ2) is 7.39. The molecule has 0 atom stereocenters. The Labute approximate surface area is 109 Å². The number of carboxylic acids is 1. The molecule has 0 radical (unpaired) electrons. The Morgan fingerprint density at radius 2 is 1.89 bits per heavy atom. The molecule has 1 N–H and O–H groups in total. The molecule has 1 fully saturated rings. The standard InChI is InChI=1S/C14H25NO3/c1-11(2)15(9-5-8-14(17)18)13(16)10-12-6-3-4-7-12/h11-12H,3-10H2,1-2H3,(H,17,18). The van der Waals surface area contributed by atoms with Crippen molar-refractivity contribution in [1.82, 2.24) is 4.90 Å². The maximum atomic E-state index is 12.2. The van der Waals surface area contributed by atoms with E-state index < -0.39 is 5.97 Å². The second-order valence-corrected chi connectivity index (χ2v) is 5.53. The van der Waals surface area contributed by atoms with Crippen molar-refractivity contribution in [2.24, 2.45) is 5.92 Å². The number of rotatable bonds is 7. The smallest absolute Gasteiger partial charge is 0.303 e. The summed E-state index contributed by atoms with van der Waals surface area (Å²) in [5.74, 6) is -0.0394. The molecule has 18 heavy (non-hydrogen) atoms. The van der Waals surface area contributed by atoms with Crippen LogP contribution in [0.4, 0.5) is 0 Å². The second-order valence-electron chi connectivity index (χ2n) is 5.53. The minimum Gasteiger partial charge on any atom is -0.481 e. The van der Waals surface area contributed by atoms with Gasteiger partial charge in [-0.1, -0.05) is 12.8 Å². The minimum atomic E-state index is -0.790. The molecule has 0 aromatic carbocycles. The molecule has 0 bridgehead atoms. The number of carbonyl (C=O) groups excluding carboxylic acids is 1. The van der Waals surface area contributed by atoms with Gasteiger partial charge in [0, 0.05) is 25.4 Å². The molecule has 0 aliphatic heterocycles. The molecule has 104 valence electrons. The molecule has 0 unspecified atom stereocenters. The van der Waals surface area contributed by atoms with E-state index in [2.05, 4.69) is 0 Å². The number of carboxylic acid groups (broad SMARTS) is 1. The van der Waals surface area contributed by atoms with Crippen molar-refractivity contribution in [3.63, 3.8) is 0 Å². The molecule has 1 aliphatic rings. The Bertz CT molecular complexity index is 283. The molecule has 1 aliphatic carbocycles. The lowest BCUT2D eigenvalue weighted by atomic mass is 10.0. The summed E-state index contributed by atoms with van der Waals surface area (Å²) in [5.41, 5.74) is 0. The summed E-state index contributed by atoms with van der Waals surface area (Å²) in [7, 11) is 0. The molecule has 0 heterocycles. The Kier molecular flexibility index (Phi) is 6.16. The summed E-state index contributed by atoms with van der Waals surface area (Å²) in [4.78, 5) is 24.5. The summed E-state index contributed by atoms with van der Waals surface area (Å²) in [6.07, 6.45) is 6.17. The highest BCUT2D eigenvalue weighted by molar-refractivity contribution is 5.76. The fraction of sp³-hybridized carbons (Fsp3) is 0.857. The van der Waals surface area contributed by atoms with Gasteiger partial charge < -0.3 is 10.0 Å². The van der Waals surface area contributed by atoms with Crippen molar-refractivity contribution >= 4 is 11.9 Å². The van der Waals surface area contributed by atoms with Gasteiger partial charge in [0.05, 0.1) is 0 Å². The van der Waals surface area contributed by atoms with Crippen molar-refractivity contribution in [2.75, 3.05) is 6.54 Å². The highest BCUT2D eigenvalue weighted by Gasteiger charge is 2.23. The molecule has 0 aromatic heterocycles. The average molecular weight is 255 g/mol. The van der Waals surface area contributed by atoms with Gasteiger partial charge in [-0.25, -0.2) is 0 Å². The van der Waals surface area contributed by atoms with E-state index in [1.807, 2.05) is 18.7 Å². The summed E-state index contributed by atoms with van der Waals surface area (Å²) >= 11 is 0. The quantitative estimate of drug-likeness (QED) is 0.761. The van der Waals surface area contributed by atoms with Crippen LogP contribution in [-0.4, -0.2) is 34.5 Å². The van der Waals surface area contributed by atoms with E-state index in [9.17, 15) is 9.59 Å². The van der Waals surface area contributed by atoms with Crippen LogP contribution in [0, 0.1) is 5.92 Å². The predicted molar refractivity (Wildman–Crippen MR) is 70.3 cm³/mol. The van der Waals surface area contributed by atoms with Crippen LogP contribution in [-0.2, 0) is 9.59 Å². The van der Waals surface area contributed by atoms with Crippen LogP contribution in [0.25, 0.3) is 0 Å². The first-order chi connectivity index (χ1) is 8.50. The van der Waals surface area contributed by atoms with Crippen LogP contribution < -0.4 is 0 Å². The van der Waals surface area contributed by atoms with Gasteiger partial charge in [-0.05, 0) is 39.0 Å². The first-order valence-corrected chi connectivity index (χ1v) is 7.02. The van der Waals surface area contributed by atoms with Gasteiger partial charge in [0.2, 0.25) is 5.91 Å². The summed E-state index contributed by atoms with van der Waals surface area (Å²) in [6.45, 7) is 4.55. The van der Waals surface area contributed by atoms with E-state index in [1.54, 1.807) is 0 Å². The third-order valence-electron chi connectivity index (χ3n) is 3.67. The molecule has 1 saturated carbocycles. The van der Waals surface area contributed by atoms with E-state index in [1.165, 1.54) is 25.7 Å². The van der Waals surface area contributed by atoms with E-state index >= 15 is 0 Å². The van der Waals surface area contributed by atoms with Crippen molar-refractivity contribution in [3.05, 3.63) is 0 Å². The van der Waals surface area contributed by atoms with Gasteiger partial charge in [0.15, 0.2) is 0 Å². The Morgan fingerprint density at radius 1 is 1.28 bits per heavy atom. The van der Waals surface area contributed by atoms with Crippen LogP contribution in [0.5, 0.6) is 0 Å². The van der Waals surface area contributed by atoms with Crippen LogP contribution in [0.2, 0.25) is 0 Å². The zero-order valence-electron chi connectivity index (χ0n) is 11.5. The van der Waals surface area contributed by atoms with Crippen molar-refractivity contribution < 1.29 is 14.7 Å². The highest BCUT2D eigenvalue weighted by atomic mass is 16.4. The van der Waals surface area contributed by atoms with E-state index in [4.69, 9.17) is 5.11 Å². The zero-order valence-corrected chi connectivity index (χ0v) is 11.5. The lowest BCUT2D eigenvalue weighted by Crippen LogP contribution is -2.38. The minimum absolute atomic E-state index is 0.139. The molecule has 1 amide bonds. The third-order valence-corrected chi connectivity index (χ3v) is 3.67. The van der Waals surface area contributed by atoms with Gasteiger partial charge in [-0.3, -0.25) is 9.59 Å². The Hall–Kier alpha value is -1.06. The van der Waals surface area contributed by atoms with Crippen LogP contribution >= 0.6 is 0 Å². The Balaban J connectivity index is 2.39. The van der Waals surface area contributed by atoms with Crippen LogP contribution in [0.3, 0.4) is 0 Å². The molecule has 0 aromatic rings. The number of hydrogen-bond donors (Lipinski definition) is 1. The van der Waals surface area contributed by atoms with Crippen LogP contribution in [0.1, 0.15) is 58.8 Å². The number of aliphatic carboxylic acids is 1. The number of nitrogens with zero attached hydrogens (tertiary/aromatic N) is 1. The fourth-order valence-corrected chi connectivity index (χ4v) is 2.65. The third kappa shape index (κ3) is 5.07. The molecule has 0 spiro atoms. The van der Waals surface area contributed by atoms with Crippen molar-refractivity contribution in [1.29, 1.82) is 0 Å². The Morgan fingerprint density at radius 3 is 2.39 bits per heavy atom. The van der Waals surface area contributed by atoms with Gasteiger partial charge in [-0.2, -0.15) is 0 Å². The van der Waals surface area contributed by atoms with Gasteiger partial charge >= 0.3 is 5.97 Å². The molecule has 4 heteroatoms. The summed E-state index contributed by atoms with van der Waals surface area (Å²) < 4.78 is 0. The highest BCUT2D eigenvalue weighted by Crippen LogP contribution is 2.28. The largest absolute Gasteiger partial charge is 0.481 e. The predicted octanol–water partition coefficient (Wildman–Crippen LogP) is 2.67. The van der Waals surface area contributed by atoms with Gasteiger partial charge in [-0.15, -0.1) is 0 Å². The number of hydrogen-bond acceptors (Lipinski definition) is 2. The van der Waals surface area contributed by atoms with E-state index in [0.29, 0.717) is 25.3 Å². The van der Waals surface area contributed by atoms with E-state index in [0.717, 1.165) is 0 Å². The van der Waals surface area contributed by atoms with Crippen molar-refractivity contribution in [2.45, 2.75) is 64.8 Å². The fourth-order valence-electron chi connectivity index (χ4n) is 2.65. The number of amides is 1. The van der Waals surface area contributed by atoms with Crippen LogP contribution in [0.15, 0.2) is 0 Å². The van der Waals surface area contributed by atoms with E-state index in [-0.39, 0.29) is 18.4 Å². The molecular formula is C14H25NO3. The molecule has 4 nitrogen and oxygen atoms in total. The summed E-state index contributed by atoms with van der Waals surface area (Å²) in [5, 5.41) is 8.63. The lowest BCUT2D eigenvalue weighted by Gasteiger charge is -2.27. The molecular weight excluding hydrogens is 230 g/mol. The maximum absolute atomic E-state index is 12.2. The average Bonchev–Trinajstić information content (AvgIpc) is 2.75. The van der Waals surface area contributed by atoms with Gasteiger partial charge in [0.25, 0.3) is 0 Å². The molecule has 0 saturated heterocycles. The van der Waals surface area contributed by atoms with Crippen molar-refractivity contribution in [3.8, 4) is 0 Å². The number of carbonyl (C=O) groups is 2. The first-order valence-electron chi connectivity index (χ1n) is 7.02. The first kappa shape index (κ1) is 15.0. The van der Waals surface area contributed by atoms with Gasteiger partial charge in [0.1, 0.15) is 0 Å². The SMILES string of the molecule is CC(C)N(CCCC(=O)O)C(=O)CC1CCCC1. The zero-order chi connectivity index (χ0) is 13.5. The normalized spacial score (nSPS) is 16.2. The maximum Gasteiger partial charge on any atom is 0.303 e. The topological polar surface area (TPSA) is 57.6 Å². The monoisotopic (exact) mass is 255 g/mol.